The van der Waals surface area contributed by atoms with Gasteiger partial charge in [0.15, 0.2) is 0 Å². The molecule has 3 aliphatic rings. The summed E-state index contributed by atoms with van der Waals surface area (Å²) >= 11 is 0. The highest BCUT2D eigenvalue weighted by atomic mass is 16.9. The van der Waals surface area contributed by atoms with Crippen LogP contribution in [0.4, 0.5) is 0 Å². The predicted molar refractivity (Wildman–Crippen MR) is 325 cm³/mol. The highest BCUT2D eigenvalue weighted by molar-refractivity contribution is 6.76. The van der Waals surface area contributed by atoms with Gasteiger partial charge < -0.3 is 28.5 Å². The summed E-state index contributed by atoms with van der Waals surface area (Å²) in [7, 11) is 0. The average molecular weight is 1080 g/mol. The molecule has 3 aliphatic heterocycles. The first-order valence-corrected chi connectivity index (χ1v) is 29.0. The minimum atomic E-state index is -3.32. The number of hydrogen-bond acceptors (Lipinski definition) is 16. The molecule has 0 amide bonds. The summed E-state index contributed by atoms with van der Waals surface area (Å²) in [6, 6.07) is 27.9. The molecule has 18 heteroatoms. The van der Waals surface area contributed by atoms with Crippen molar-refractivity contribution in [3.63, 3.8) is 0 Å². The van der Waals surface area contributed by atoms with Crippen molar-refractivity contribution in [1.82, 2.24) is 19.9 Å². The standard InChI is InChI=1S/C62H76B2N10O6/c1-7-13-19-57-58(20-14-8-2)70-76-64(56-45-53(49-29-37-67-38-30-49)42-54(46-56)50-31-39-68-40-32-50)79-73-61(23-17-11-5)59(21-15-9-3)71-77-63(75-69-57,78-72-60(22-16-10-4)62(74-80-64)24-18-12-6)55-43-51(47-25-33-65-34-26-47)41-52(44-55)48-27-35-66-36-28-48/h25-46H,7-24H2,1-6H3/q-2/b69-57+,70-58+,71-59+,72-60+,73-61+,74-62?. The molecule has 418 valence electrons. The van der Waals surface area contributed by atoms with Crippen molar-refractivity contribution < 1.29 is 28.5 Å². The van der Waals surface area contributed by atoms with Crippen LogP contribution >= 0.6 is 0 Å². The lowest BCUT2D eigenvalue weighted by Crippen LogP contribution is -2.55. The minimum Gasteiger partial charge on any atom is -0.536 e. The van der Waals surface area contributed by atoms with Crippen molar-refractivity contribution in [2.75, 3.05) is 0 Å². The van der Waals surface area contributed by atoms with Crippen LogP contribution in [0, 0.1) is 0 Å². The number of hydrogen-bond donors (Lipinski definition) is 0. The molecule has 80 heavy (non-hydrogen) atoms. The van der Waals surface area contributed by atoms with Crippen LogP contribution in [0.3, 0.4) is 0 Å². The Morgan fingerprint density at radius 1 is 0.263 bits per heavy atom. The Labute approximate surface area is 472 Å². The third-order valence-electron chi connectivity index (χ3n) is 14.2. The van der Waals surface area contributed by atoms with E-state index in [4.69, 9.17) is 59.5 Å². The van der Waals surface area contributed by atoms with Gasteiger partial charge in [0.25, 0.3) is 0 Å². The lowest BCUT2D eigenvalue weighted by molar-refractivity contribution is 0.0762. The number of oxime groups is 6. The zero-order valence-corrected chi connectivity index (χ0v) is 47.5. The molecule has 0 fully saturated rings. The molecule has 9 rings (SSSR count). The topological polar surface area (TPSA) is 181 Å². The van der Waals surface area contributed by atoms with Gasteiger partial charge in [0.05, 0.1) is 34.3 Å². The first-order chi connectivity index (χ1) is 39.3. The fourth-order valence-corrected chi connectivity index (χ4v) is 9.36. The Morgan fingerprint density at radius 3 is 0.625 bits per heavy atom. The van der Waals surface area contributed by atoms with Crippen LogP contribution in [0.5, 0.6) is 0 Å². The molecule has 2 bridgehead atoms. The van der Waals surface area contributed by atoms with Gasteiger partial charge in [-0.1, -0.05) is 115 Å². The lowest BCUT2D eigenvalue weighted by Gasteiger charge is -2.38. The summed E-state index contributed by atoms with van der Waals surface area (Å²) in [4.78, 5) is 17.4. The maximum atomic E-state index is 7.11. The molecular formula is C62H76B2N10O6-2. The molecule has 0 N–H and O–H groups in total. The van der Waals surface area contributed by atoms with Crippen LogP contribution < -0.4 is 10.9 Å². The minimum absolute atomic E-state index is 0.466. The number of fused-ring (bicyclic) bond motifs is 9. The van der Waals surface area contributed by atoms with Crippen LogP contribution in [0.25, 0.3) is 44.5 Å². The monoisotopic (exact) mass is 1080 g/mol. The second-order valence-corrected chi connectivity index (χ2v) is 20.4. The highest BCUT2D eigenvalue weighted by Gasteiger charge is 2.45. The summed E-state index contributed by atoms with van der Waals surface area (Å²) in [6.45, 7) is 6.17. The second-order valence-electron chi connectivity index (χ2n) is 20.4. The van der Waals surface area contributed by atoms with Crippen molar-refractivity contribution in [2.45, 2.75) is 157 Å². The molecule has 0 aliphatic carbocycles. The Hall–Kier alpha value is -8.01. The normalized spacial score (nSPS) is 20.9. The first kappa shape index (κ1) is 58.1. The molecule has 7 heterocycles. The summed E-state index contributed by atoms with van der Waals surface area (Å²) in [5.41, 5.74) is 11.1. The van der Waals surface area contributed by atoms with Crippen LogP contribution in [0.15, 0.2) is 165 Å². The van der Waals surface area contributed by atoms with Gasteiger partial charge in [-0.05, 0) is 182 Å². The van der Waals surface area contributed by atoms with E-state index in [0.717, 1.165) is 122 Å². The Morgan fingerprint density at radius 2 is 0.450 bits per heavy atom. The van der Waals surface area contributed by atoms with Crippen LogP contribution in [-0.2, 0) is 28.5 Å². The molecule has 0 saturated heterocycles. The van der Waals surface area contributed by atoms with E-state index in [1.165, 1.54) is 0 Å². The first-order valence-electron chi connectivity index (χ1n) is 29.0. The molecule has 2 aromatic carbocycles. The number of unbranched alkanes of at least 4 members (excludes halogenated alkanes) is 6. The van der Waals surface area contributed by atoms with E-state index >= 15 is 0 Å². The van der Waals surface area contributed by atoms with Crippen LogP contribution in [0.2, 0.25) is 0 Å². The highest BCUT2D eigenvalue weighted by Crippen LogP contribution is 2.31. The van der Waals surface area contributed by atoms with E-state index in [0.29, 0.717) is 83.7 Å². The van der Waals surface area contributed by atoms with Crippen LogP contribution in [-0.4, -0.2) is 67.7 Å². The van der Waals surface area contributed by atoms with E-state index in [2.05, 4.69) is 73.6 Å². The fourth-order valence-electron chi connectivity index (χ4n) is 9.36. The lowest BCUT2D eigenvalue weighted by atomic mass is 9.68. The molecule has 0 radical (unpaired) electrons. The predicted octanol–water partition coefficient (Wildman–Crippen LogP) is 14.3. The van der Waals surface area contributed by atoms with Crippen LogP contribution in [0.1, 0.15) is 157 Å². The van der Waals surface area contributed by atoms with E-state index < -0.39 is 13.5 Å². The number of benzene rings is 2. The van der Waals surface area contributed by atoms with E-state index in [-0.39, 0.29) is 0 Å². The van der Waals surface area contributed by atoms with Crippen molar-refractivity contribution in [3.05, 3.63) is 135 Å². The van der Waals surface area contributed by atoms with Crippen molar-refractivity contribution in [3.8, 4) is 44.5 Å². The molecular weight excluding hydrogens is 1000 g/mol. The zero-order chi connectivity index (χ0) is 55.8. The average Bonchev–Trinajstić information content (AvgIpc) is 3.53. The van der Waals surface area contributed by atoms with Gasteiger partial charge in [0, 0.05) is 49.6 Å². The van der Waals surface area contributed by atoms with Crippen molar-refractivity contribution >= 4 is 58.7 Å². The van der Waals surface area contributed by atoms with Gasteiger partial charge in [-0.2, -0.15) is 0 Å². The van der Waals surface area contributed by atoms with E-state index in [9.17, 15) is 0 Å². The van der Waals surface area contributed by atoms with Gasteiger partial charge in [-0.15, -0.1) is 30.9 Å². The number of pyridine rings is 4. The number of rotatable bonds is 24. The molecule has 0 saturated carbocycles. The molecule has 0 unspecified atom stereocenters. The maximum Gasteiger partial charge on any atom is 0.640 e. The maximum absolute atomic E-state index is 7.11. The van der Waals surface area contributed by atoms with Gasteiger partial charge in [0.2, 0.25) is 0 Å². The molecule has 16 nitrogen and oxygen atoms in total. The zero-order valence-electron chi connectivity index (χ0n) is 47.5. The summed E-state index contributed by atoms with van der Waals surface area (Å²) in [5.74, 6) is 0. The molecule has 0 spiro atoms. The summed E-state index contributed by atoms with van der Waals surface area (Å²) in [5, 5.41) is 30.8. The van der Waals surface area contributed by atoms with E-state index in [1.807, 2.05) is 72.8 Å². The Bertz CT molecular complexity index is 2660. The Balaban J connectivity index is 1.51. The van der Waals surface area contributed by atoms with Gasteiger partial charge in [-0.3, -0.25) is 19.9 Å². The molecule has 0 atom stereocenters. The summed E-state index contributed by atoms with van der Waals surface area (Å²) < 4.78 is 42.7. The summed E-state index contributed by atoms with van der Waals surface area (Å²) in [6.07, 6.45) is 26.6. The number of aromatic nitrogens is 4. The van der Waals surface area contributed by atoms with Gasteiger partial charge >= 0.3 is 13.5 Å². The second kappa shape index (κ2) is 29.8. The third kappa shape index (κ3) is 15.2. The molecule has 4 aromatic heterocycles. The van der Waals surface area contributed by atoms with Gasteiger partial charge in [-0.25, -0.2) is 0 Å². The fraction of sp³-hybridized carbons (Fsp3) is 0.387. The third-order valence-corrected chi connectivity index (χ3v) is 14.2. The van der Waals surface area contributed by atoms with Crippen molar-refractivity contribution in [2.24, 2.45) is 30.9 Å². The number of nitrogens with zero attached hydrogens (tertiary/aromatic N) is 10. The largest absolute Gasteiger partial charge is 0.640 e. The Kier molecular flexibility index (Phi) is 21.7. The quantitative estimate of drug-likeness (QED) is 0.0529. The van der Waals surface area contributed by atoms with Crippen molar-refractivity contribution in [1.29, 1.82) is 0 Å². The van der Waals surface area contributed by atoms with E-state index in [1.54, 1.807) is 49.6 Å². The SMILES string of the molecule is CCCCC1=NO[B-]2(c3cc(-c4ccncc4)cc(-c4ccncc4)c3)O/N=C(CCCC)/C(CCCC)=N/O[B-](c3cc(-c4ccncc4)cc(-c4ccncc4)c3)(O/N=C/1CCCC)O/N=C(CCCC)/C(CCCC)=N/O2. The molecule has 6 aromatic rings. The smallest absolute Gasteiger partial charge is 0.536 e. The van der Waals surface area contributed by atoms with Gasteiger partial charge in [0.1, 0.15) is 0 Å².